The van der Waals surface area contributed by atoms with Gasteiger partial charge in [0, 0.05) is 25.0 Å². The van der Waals surface area contributed by atoms with E-state index < -0.39 is 0 Å². The van der Waals surface area contributed by atoms with Crippen molar-refractivity contribution in [3.63, 3.8) is 0 Å². The van der Waals surface area contributed by atoms with Gasteiger partial charge in [-0.2, -0.15) is 4.98 Å². The molecule has 4 heterocycles. The van der Waals surface area contributed by atoms with E-state index in [2.05, 4.69) is 4.57 Å². The van der Waals surface area contributed by atoms with Crippen LogP contribution in [0.3, 0.4) is 0 Å². The van der Waals surface area contributed by atoms with Gasteiger partial charge in [0.25, 0.3) is 5.56 Å². The molecular formula is C24H29N5O3. The van der Waals surface area contributed by atoms with Crippen LogP contribution in [0.2, 0.25) is 0 Å². The van der Waals surface area contributed by atoms with E-state index in [-0.39, 0.29) is 23.9 Å². The Balaban J connectivity index is 1.74. The lowest BCUT2D eigenvalue weighted by Crippen LogP contribution is -2.39. The summed E-state index contributed by atoms with van der Waals surface area (Å²) in [5, 5.41) is 0. The second kappa shape index (κ2) is 7.48. The lowest BCUT2D eigenvalue weighted by molar-refractivity contribution is 0.0974. The van der Waals surface area contributed by atoms with Gasteiger partial charge in [0.05, 0.1) is 19.2 Å². The van der Waals surface area contributed by atoms with Gasteiger partial charge in [0.1, 0.15) is 0 Å². The lowest BCUT2D eigenvalue weighted by Gasteiger charge is -2.12. The number of imidazole rings is 2. The zero-order valence-corrected chi connectivity index (χ0v) is 19.3. The van der Waals surface area contributed by atoms with E-state index in [1.807, 2.05) is 50.3 Å². The highest BCUT2D eigenvalue weighted by Gasteiger charge is 2.25. The van der Waals surface area contributed by atoms with Crippen LogP contribution in [0.15, 0.2) is 27.8 Å². The monoisotopic (exact) mass is 435 g/mol. The molecule has 1 fully saturated rings. The van der Waals surface area contributed by atoms with Crippen molar-refractivity contribution in [3.8, 4) is 0 Å². The minimum atomic E-state index is -0.357. The molecule has 1 aromatic carbocycles. The molecule has 0 spiro atoms. The summed E-state index contributed by atoms with van der Waals surface area (Å²) in [6.45, 7) is 9.76. The number of rotatable bonds is 4. The van der Waals surface area contributed by atoms with E-state index in [0.717, 1.165) is 47.5 Å². The second-order valence-electron chi connectivity index (χ2n) is 9.00. The predicted molar refractivity (Wildman–Crippen MR) is 124 cm³/mol. The van der Waals surface area contributed by atoms with Gasteiger partial charge < -0.3 is 9.30 Å². The van der Waals surface area contributed by atoms with Gasteiger partial charge in [0.15, 0.2) is 11.2 Å². The van der Waals surface area contributed by atoms with Gasteiger partial charge in [-0.05, 0) is 51.7 Å². The van der Waals surface area contributed by atoms with Crippen molar-refractivity contribution >= 4 is 16.9 Å². The minimum absolute atomic E-state index is 0.147. The number of nitrogens with zero attached hydrogens (tertiary/aromatic N) is 5. The molecule has 1 aliphatic rings. The Morgan fingerprint density at radius 3 is 2.59 bits per heavy atom. The van der Waals surface area contributed by atoms with E-state index in [1.54, 1.807) is 7.05 Å². The number of benzene rings is 1. The van der Waals surface area contributed by atoms with Crippen molar-refractivity contribution in [2.24, 2.45) is 7.05 Å². The van der Waals surface area contributed by atoms with Crippen molar-refractivity contribution < 1.29 is 4.74 Å². The highest BCUT2D eigenvalue weighted by Crippen LogP contribution is 2.23. The smallest absolute Gasteiger partial charge is 0.332 e. The molecule has 8 heteroatoms. The van der Waals surface area contributed by atoms with Gasteiger partial charge in [-0.1, -0.05) is 23.8 Å². The third-order valence-corrected chi connectivity index (χ3v) is 6.87. The maximum atomic E-state index is 13.6. The highest BCUT2D eigenvalue weighted by atomic mass is 16.5. The van der Waals surface area contributed by atoms with Crippen LogP contribution < -0.4 is 11.2 Å². The average molecular weight is 436 g/mol. The molecule has 1 saturated heterocycles. The van der Waals surface area contributed by atoms with Crippen molar-refractivity contribution in [2.75, 3.05) is 6.61 Å². The molecule has 0 saturated carbocycles. The fourth-order valence-electron chi connectivity index (χ4n) is 4.81. The molecule has 3 aromatic heterocycles. The van der Waals surface area contributed by atoms with E-state index in [4.69, 9.17) is 9.72 Å². The number of aromatic nitrogens is 5. The van der Waals surface area contributed by atoms with Crippen LogP contribution in [-0.4, -0.2) is 35.8 Å². The molecular weight excluding hydrogens is 406 g/mol. The zero-order valence-electron chi connectivity index (χ0n) is 19.3. The van der Waals surface area contributed by atoms with Crippen LogP contribution in [0, 0.1) is 27.7 Å². The van der Waals surface area contributed by atoms with Crippen molar-refractivity contribution in [1.82, 2.24) is 23.1 Å². The van der Waals surface area contributed by atoms with Gasteiger partial charge in [-0.3, -0.25) is 18.3 Å². The maximum Gasteiger partial charge on any atom is 0.332 e. The van der Waals surface area contributed by atoms with Crippen LogP contribution >= 0.6 is 0 Å². The molecule has 0 bridgehead atoms. The summed E-state index contributed by atoms with van der Waals surface area (Å²) < 4.78 is 12.7. The van der Waals surface area contributed by atoms with Gasteiger partial charge in [-0.15, -0.1) is 0 Å². The Labute approximate surface area is 185 Å². The van der Waals surface area contributed by atoms with Crippen LogP contribution in [0.25, 0.3) is 16.9 Å². The SMILES string of the molecule is Cc1ccc(C)c(Cn2c(=O)c3c(nc4n(C[C@@H]5CCCO5)c(C)c(C)n34)n(C)c2=O)c1. The van der Waals surface area contributed by atoms with Crippen LogP contribution in [0.1, 0.15) is 40.9 Å². The summed E-state index contributed by atoms with van der Waals surface area (Å²) in [5.74, 6) is 0.682. The largest absolute Gasteiger partial charge is 0.376 e. The number of fused-ring (bicyclic) bond motifs is 3. The Bertz CT molecular complexity index is 1480. The van der Waals surface area contributed by atoms with E-state index in [1.165, 1.54) is 9.13 Å². The number of hydrogen-bond acceptors (Lipinski definition) is 4. The second-order valence-corrected chi connectivity index (χ2v) is 9.00. The number of aryl methyl sites for hydroxylation is 4. The first kappa shape index (κ1) is 20.8. The standard InChI is InChI=1S/C24H29N5O3/c1-14-8-9-15(2)18(11-14)12-28-22(30)20-21(26(5)24(28)31)25-23-27(13-19-7-6-10-32-19)16(3)17(4)29(20)23/h8-9,11,19H,6-7,10,12-13H2,1-5H3/t19-/m0/s1. The van der Waals surface area contributed by atoms with Gasteiger partial charge in [0.2, 0.25) is 5.78 Å². The topological polar surface area (TPSA) is 75.5 Å². The lowest BCUT2D eigenvalue weighted by atomic mass is 10.1. The quantitative estimate of drug-likeness (QED) is 0.494. The predicted octanol–water partition coefficient (Wildman–Crippen LogP) is 2.61. The third kappa shape index (κ3) is 3.04. The van der Waals surface area contributed by atoms with Crippen LogP contribution in [0.4, 0.5) is 0 Å². The van der Waals surface area contributed by atoms with Crippen molar-refractivity contribution in [2.45, 2.75) is 59.7 Å². The molecule has 168 valence electrons. The first-order valence-corrected chi connectivity index (χ1v) is 11.1. The Morgan fingerprint density at radius 1 is 1.09 bits per heavy atom. The fraction of sp³-hybridized carbons (Fsp3) is 0.458. The average Bonchev–Trinajstić information content (AvgIpc) is 3.47. The summed E-state index contributed by atoms with van der Waals surface area (Å²) in [4.78, 5) is 31.6. The molecule has 8 nitrogen and oxygen atoms in total. The van der Waals surface area contributed by atoms with Crippen LogP contribution in [0.5, 0.6) is 0 Å². The number of hydrogen-bond donors (Lipinski definition) is 0. The first-order valence-electron chi connectivity index (χ1n) is 11.1. The molecule has 0 N–H and O–H groups in total. The molecule has 4 aromatic rings. The van der Waals surface area contributed by atoms with Gasteiger partial charge in [-0.25, -0.2) is 4.79 Å². The summed E-state index contributed by atoms with van der Waals surface area (Å²) in [6.07, 6.45) is 2.23. The van der Waals surface area contributed by atoms with Gasteiger partial charge >= 0.3 is 5.69 Å². The summed E-state index contributed by atoms with van der Waals surface area (Å²) in [7, 11) is 1.68. The Morgan fingerprint density at radius 2 is 1.88 bits per heavy atom. The molecule has 32 heavy (non-hydrogen) atoms. The Kier molecular flexibility index (Phi) is 4.85. The normalized spacial score (nSPS) is 16.6. The first-order chi connectivity index (χ1) is 15.3. The molecule has 0 aliphatic carbocycles. The molecule has 1 atom stereocenters. The zero-order chi connectivity index (χ0) is 22.7. The van der Waals surface area contributed by atoms with E-state index >= 15 is 0 Å². The molecule has 0 amide bonds. The summed E-state index contributed by atoms with van der Waals surface area (Å²) >= 11 is 0. The molecule has 5 rings (SSSR count). The van der Waals surface area contributed by atoms with Crippen LogP contribution in [-0.2, 0) is 24.9 Å². The molecule has 0 unspecified atom stereocenters. The van der Waals surface area contributed by atoms with Crippen molar-refractivity contribution in [3.05, 3.63) is 67.1 Å². The number of ether oxygens (including phenoxy) is 1. The summed E-state index contributed by atoms with van der Waals surface area (Å²) in [5.41, 5.74) is 5.31. The Hall–Kier alpha value is -3.13. The minimum Gasteiger partial charge on any atom is -0.376 e. The van der Waals surface area contributed by atoms with E-state index in [0.29, 0.717) is 23.5 Å². The molecule has 0 radical (unpaired) electrons. The van der Waals surface area contributed by atoms with Crippen molar-refractivity contribution in [1.29, 1.82) is 0 Å². The molecule has 1 aliphatic heterocycles. The van der Waals surface area contributed by atoms with E-state index in [9.17, 15) is 9.59 Å². The third-order valence-electron chi connectivity index (χ3n) is 6.87. The highest BCUT2D eigenvalue weighted by molar-refractivity contribution is 5.76. The fourth-order valence-corrected chi connectivity index (χ4v) is 4.81. The summed E-state index contributed by atoms with van der Waals surface area (Å²) in [6, 6.07) is 6.09. The maximum absolute atomic E-state index is 13.6.